The number of fused-ring (bicyclic) bond motifs is 1. The smallest absolute Gasteiger partial charge is 0.269 e. The SMILES string of the molecule is CCn1c(-c2ccc([N+](=O)[O-])cc2)c(C#N)c2cc(CI)c(OC)cc21. The Kier molecular flexibility index (Phi) is 5.13. The predicted molar refractivity (Wildman–Crippen MR) is 109 cm³/mol. The number of nitriles is 1. The summed E-state index contributed by atoms with van der Waals surface area (Å²) in [4.78, 5) is 10.5. The molecule has 0 atom stereocenters. The lowest BCUT2D eigenvalue weighted by Gasteiger charge is -2.10. The maximum Gasteiger partial charge on any atom is 0.269 e. The van der Waals surface area contributed by atoms with Crippen molar-refractivity contribution in [2.24, 2.45) is 0 Å². The Morgan fingerprint density at radius 1 is 1.31 bits per heavy atom. The normalized spacial score (nSPS) is 10.7. The quantitative estimate of drug-likeness (QED) is 0.231. The molecule has 6 nitrogen and oxygen atoms in total. The highest BCUT2D eigenvalue weighted by molar-refractivity contribution is 14.1. The molecule has 26 heavy (non-hydrogen) atoms. The monoisotopic (exact) mass is 461 g/mol. The summed E-state index contributed by atoms with van der Waals surface area (Å²) in [7, 11) is 1.64. The number of hydrogen-bond donors (Lipinski definition) is 0. The Labute approximate surface area is 164 Å². The first kappa shape index (κ1) is 18.2. The average molecular weight is 461 g/mol. The topological polar surface area (TPSA) is 81.1 Å². The number of non-ortho nitro benzene ring substituents is 1. The van der Waals surface area contributed by atoms with Gasteiger partial charge in [0.25, 0.3) is 5.69 Å². The lowest BCUT2D eigenvalue weighted by Crippen LogP contribution is -1.98. The summed E-state index contributed by atoms with van der Waals surface area (Å²) in [5.74, 6) is 0.791. The lowest BCUT2D eigenvalue weighted by molar-refractivity contribution is -0.384. The van der Waals surface area contributed by atoms with E-state index in [2.05, 4.69) is 33.2 Å². The number of benzene rings is 2. The van der Waals surface area contributed by atoms with Crippen LogP contribution in [0.25, 0.3) is 22.2 Å². The molecule has 1 heterocycles. The van der Waals surface area contributed by atoms with Crippen LogP contribution in [0.5, 0.6) is 5.75 Å². The molecule has 1 aromatic heterocycles. The van der Waals surface area contributed by atoms with Crippen LogP contribution in [0.15, 0.2) is 36.4 Å². The Morgan fingerprint density at radius 2 is 2.00 bits per heavy atom. The summed E-state index contributed by atoms with van der Waals surface area (Å²) in [5.41, 5.74) is 4.10. The Balaban J connectivity index is 2.34. The van der Waals surface area contributed by atoms with Crippen molar-refractivity contribution in [3.05, 3.63) is 57.6 Å². The molecule has 0 radical (unpaired) electrons. The van der Waals surface area contributed by atoms with Crippen molar-refractivity contribution < 1.29 is 9.66 Å². The molecule has 0 N–H and O–H groups in total. The second kappa shape index (κ2) is 7.33. The number of ether oxygens (including phenoxy) is 1. The van der Waals surface area contributed by atoms with Crippen LogP contribution in [-0.2, 0) is 11.0 Å². The number of hydrogen-bond acceptors (Lipinski definition) is 4. The van der Waals surface area contributed by atoms with Gasteiger partial charge in [0.2, 0.25) is 0 Å². The van der Waals surface area contributed by atoms with Gasteiger partial charge >= 0.3 is 0 Å². The molecule has 0 fully saturated rings. The second-order valence-corrected chi connectivity index (χ2v) is 6.46. The number of alkyl halides is 1. The highest BCUT2D eigenvalue weighted by atomic mass is 127. The first-order chi connectivity index (χ1) is 12.5. The molecule has 0 amide bonds. The zero-order valence-electron chi connectivity index (χ0n) is 14.3. The predicted octanol–water partition coefficient (Wildman–Crippen LogP) is 5.05. The number of halogens is 1. The van der Waals surface area contributed by atoms with Gasteiger partial charge in [0.05, 0.1) is 28.8 Å². The summed E-state index contributed by atoms with van der Waals surface area (Å²) >= 11 is 2.27. The second-order valence-electron chi connectivity index (χ2n) is 5.70. The molecular weight excluding hydrogens is 445 g/mol. The van der Waals surface area contributed by atoms with Crippen LogP contribution in [0, 0.1) is 21.4 Å². The third-order valence-electron chi connectivity index (χ3n) is 4.39. The van der Waals surface area contributed by atoms with Crippen LogP contribution in [0.2, 0.25) is 0 Å². The zero-order valence-corrected chi connectivity index (χ0v) is 16.5. The van der Waals surface area contributed by atoms with E-state index < -0.39 is 4.92 Å². The van der Waals surface area contributed by atoms with E-state index >= 15 is 0 Å². The largest absolute Gasteiger partial charge is 0.496 e. The van der Waals surface area contributed by atoms with E-state index in [9.17, 15) is 15.4 Å². The summed E-state index contributed by atoms with van der Waals surface area (Å²) in [6.07, 6.45) is 0. The molecule has 132 valence electrons. The van der Waals surface area contributed by atoms with E-state index in [1.54, 1.807) is 19.2 Å². The molecular formula is C19H16IN3O3. The molecule has 2 aromatic carbocycles. The molecule has 3 aromatic rings. The summed E-state index contributed by atoms with van der Waals surface area (Å²) in [6.45, 7) is 2.67. The molecule has 0 saturated carbocycles. The highest BCUT2D eigenvalue weighted by Crippen LogP contribution is 2.37. The number of aromatic nitrogens is 1. The minimum Gasteiger partial charge on any atom is -0.496 e. The molecule has 0 unspecified atom stereocenters. The molecule has 0 saturated heterocycles. The standard InChI is InChI=1S/C19H16IN3O3/c1-3-22-17-9-18(26-2)13(10-20)8-15(17)16(11-21)19(22)12-4-6-14(7-5-12)23(24)25/h4-9H,3,10H2,1-2H3. The molecule has 0 aliphatic rings. The van der Waals surface area contributed by atoms with Crippen molar-refractivity contribution in [1.29, 1.82) is 5.26 Å². The fourth-order valence-corrected chi connectivity index (χ4v) is 3.79. The number of methoxy groups -OCH3 is 1. The van der Waals surface area contributed by atoms with E-state index in [1.807, 2.05) is 19.1 Å². The van der Waals surface area contributed by atoms with Gasteiger partial charge in [-0.1, -0.05) is 22.6 Å². The van der Waals surface area contributed by atoms with Gasteiger partial charge in [-0.15, -0.1) is 0 Å². The van der Waals surface area contributed by atoms with Gasteiger partial charge in [-0.05, 0) is 25.1 Å². The molecule has 0 bridgehead atoms. The Bertz CT molecular complexity index is 1030. The minimum atomic E-state index is -0.429. The van der Waals surface area contributed by atoms with Crippen LogP contribution in [-0.4, -0.2) is 16.6 Å². The Hall–Kier alpha value is -2.60. The number of nitro groups is 1. The minimum absolute atomic E-state index is 0.0280. The maximum atomic E-state index is 10.9. The van der Waals surface area contributed by atoms with E-state index in [-0.39, 0.29) is 5.69 Å². The number of rotatable bonds is 5. The molecule has 0 aliphatic carbocycles. The fourth-order valence-electron chi connectivity index (χ4n) is 3.20. The third kappa shape index (κ3) is 2.90. The van der Waals surface area contributed by atoms with E-state index in [4.69, 9.17) is 4.74 Å². The number of nitro benzene ring substituents is 1. The fraction of sp³-hybridized carbons (Fsp3) is 0.211. The molecule has 7 heteroatoms. The van der Waals surface area contributed by atoms with E-state index in [0.29, 0.717) is 12.1 Å². The van der Waals surface area contributed by atoms with Crippen LogP contribution in [0.1, 0.15) is 18.1 Å². The zero-order chi connectivity index (χ0) is 18.8. The van der Waals surface area contributed by atoms with Crippen molar-refractivity contribution in [2.75, 3.05) is 7.11 Å². The first-order valence-corrected chi connectivity index (χ1v) is 9.52. The summed E-state index contributed by atoms with van der Waals surface area (Å²) in [5, 5.41) is 21.6. The van der Waals surface area contributed by atoms with Gasteiger partial charge < -0.3 is 9.30 Å². The van der Waals surface area contributed by atoms with E-state index in [1.165, 1.54) is 12.1 Å². The van der Waals surface area contributed by atoms with Crippen molar-refractivity contribution in [3.63, 3.8) is 0 Å². The van der Waals surface area contributed by atoms with Crippen LogP contribution >= 0.6 is 22.6 Å². The number of aryl methyl sites for hydroxylation is 1. The van der Waals surface area contributed by atoms with Gasteiger partial charge in [0.1, 0.15) is 11.8 Å². The average Bonchev–Trinajstić information content (AvgIpc) is 2.98. The molecule has 0 aliphatic heterocycles. The van der Waals surface area contributed by atoms with Crippen molar-refractivity contribution in [3.8, 4) is 23.1 Å². The third-order valence-corrected chi connectivity index (χ3v) is 5.21. The Morgan fingerprint density at radius 3 is 2.50 bits per heavy atom. The number of nitrogens with zero attached hydrogens (tertiary/aromatic N) is 3. The van der Waals surface area contributed by atoms with Gasteiger partial charge in [-0.3, -0.25) is 10.1 Å². The van der Waals surface area contributed by atoms with Crippen LogP contribution in [0.4, 0.5) is 5.69 Å². The first-order valence-electron chi connectivity index (χ1n) is 7.99. The van der Waals surface area contributed by atoms with Crippen LogP contribution in [0.3, 0.4) is 0 Å². The van der Waals surface area contributed by atoms with Gasteiger partial charge in [0, 0.05) is 45.7 Å². The molecule has 3 rings (SSSR count). The van der Waals surface area contributed by atoms with Crippen molar-refractivity contribution >= 4 is 39.2 Å². The van der Waals surface area contributed by atoms with Gasteiger partial charge in [-0.25, -0.2) is 0 Å². The van der Waals surface area contributed by atoms with Gasteiger partial charge in [-0.2, -0.15) is 5.26 Å². The highest BCUT2D eigenvalue weighted by Gasteiger charge is 2.20. The maximum absolute atomic E-state index is 10.9. The molecule has 0 spiro atoms. The van der Waals surface area contributed by atoms with Crippen molar-refractivity contribution in [2.45, 2.75) is 17.9 Å². The van der Waals surface area contributed by atoms with Crippen LogP contribution < -0.4 is 4.74 Å². The van der Waals surface area contributed by atoms with Gasteiger partial charge in [0.15, 0.2) is 0 Å². The summed E-state index contributed by atoms with van der Waals surface area (Å²) in [6, 6.07) is 12.6. The summed E-state index contributed by atoms with van der Waals surface area (Å²) < 4.78 is 8.32. The van der Waals surface area contributed by atoms with Crippen molar-refractivity contribution in [1.82, 2.24) is 4.57 Å². The lowest BCUT2D eigenvalue weighted by atomic mass is 10.0. The van der Waals surface area contributed by atoms with E-state index in [0.717, 1.165) is 37.9 Å².